The van der Waals surface area contributed by atoms with Gasteiger partial charge in [0, 0.05) is 13.0 Å². The molecule has 19 heavy (non-hydrogen) atoms. The Morgan fingerprint density at radius 3 is 2.37 bits per heavy atom. The first-order valence-corrected chi connectivity index (χ1v) is 6.37. The second kappa shape index (κ2) is 9.18. The number of hydrogen-bond acceptors (Lipinski definition) is 4. The zero-order valence-corrected chi connectivity index (χ0v) is 11.7. The molecule has 0 aliphatic rings. The van der Waals surface area contributed by atoms with E-state index >= 15 is 0 Å². The number of carbonyl (C=O) groups excluding carboxylic acids is 3. The van der Waals surface area contributed by atoms with Gasteiger partial charge in [-0.3, -0.25) is 9.59 Å². The maximum Gasteiger partial charge on any atom is 0.312 e. The van der Waals surface area contributed by atoms with Crippen LogP contribution in [0, 0.1) is 5.92 Å². The lowest BCUT2D eigenvalue weighted by molar-refractivity contribution is -0.143. The SMILES string of the molecule is CCOC(=O)CCCNC(=O)[C@@H](NC(N)=O)C(C)C. The van der Waals surface area contributed by atoms with Gasteiger partial charge in [-0.2, -0.15) is 0 Å². The van der Waals surface area contributed by atoms with Gasteiger partial charge in [0.2, 0.25) is 5.91 Å². The standard InChI is InChI=1S/C12H23N3O4/c1-4-19-9(16)6-5-7-14-11(17)10(8(2)3)15-12(13)18/h8,10H,4-7H2,1-3H3,(H,14,17)(H3,13,15,18)/t10-/m0/s1. The number of esters is 1. The van der Waals surface area contributed by atoms with E-state index < -0.39 is 12.1 Å². The minimum Gasteiger partial charge on any atom is -0.466 e. The summed E-state index contributed by atoms with van der Waals surface area (Å²) in [7, 11) is 0. The van der Waals surface area contributed by atoms with Gasteiger partial charge in [-0.25, -0.2) is 4.79 Å². The van der Waals surface area contributed by atoms with Crippen LogP contribution in [0.15, 0.2) is 0 Å². The molecule has 0 aromatic rings. The predicted octanol–water partition coefficient (Wildman–Crippen LogP) is 0.139. The molecule has 0 rings (SSSR count). The first kappa shape index (κ1) is 17.2. The van der Waals surface area contributed by atoms with Crippen molar-refractivity contribution < 1.29 is 19.1 Å². The third-order valence-corrected chi connectivity index (χ3v) is 2.41. The molecule has 3 amide bonds. The average molecular weight is 273 g/mol. The maximum atomic E-state index is 11.8. The summed E-state index contributed by atoms with van der Waals surface area (Å²) < 4.78 is 4.76. The molecule has 0 aromatic heterocycles. The number of carbonyl (C=O) groups is 3. The summed E-state index contributed by atoms with van der Waals surface area (Å²) in [6, 6.07) is -1.40. The first-order chi connectivity index (χ1) is 8.88. The highest BCUT2D eigenvalue weighted by atomic mass is 16.5. The van der Waals surface area contributed by atoms with Crippen LogP contribution in [0.2, 0.25) is 0 Å². The van der Waals surface area contributed by atoms with Crippen LogP contribution in [0.5, 0.6) is 0 Å². The fraction of sp³-hybridized carbons (Fsp3) is 0.750. The van der Waals surface area contributed by atoms with Crippen molar-refractivity contribution in [2.75, 3.05) is 13.2 Å². The molecule has 7 nitrogen and oxygen atoms in total. The van der Waals surface area contributed by atoms with E-state index in [-0.39, 0.29) is 24.2 Å². The summed E-state index contributed by atoms with van der Waals surface area (Å²) in [4.78, 5) is 33.6. The summed E-state index contributed by atoms with van der Waals surface area (Å²) in [5.41, 5.74) is 5.01. The van der Waals surface area contributed by atoms with E-state index in [0.717, 1.165) is 0 Å². The molecule has 0 aliphatic heterocycles. The van der Waals surface area contributed by atoms with E-state index in [1.807, 2.05) is 0 Å². The Balaban J connectivity index is 4.00. The smallest absolute Gasteiger partial charge is 0.312 e. The van der Waals surface area contributed by atoms with E-state index in [1.54, 1.807) is 20.8 Å². The second-order valence-corrected chi connectivity index (χ2v) is 4.43. The molecule has 0 heterocycles. The quantitative estimate of drug-likeness (QED) is 0.431. The number of urea groups is 1. The summed E-state index contributed by atoms with van der Waals surface area (Å²) >= 11 is 0. The molecule has 110 valence electrons. The minimum absolute atomic E-state index is 0.0717. The van der Waals surface area contributed by atoms with Gasteiger partial charge < -0.3 is 21.1 Å². The van der Waals surface area contributed by atoms with Crippen molar-refractivity contribution in [1.82, 2.24) is 10.6 Å². The molecule has 7 heteroatoms. The number of amides is 3. The molecule has 0 fully saturated rings. The third-order valence-electron chi connectivity index (χ3n) is 2.41. The number of hydrogen-bond donors (Lipinski definition) is 3. The summed E-state index contributed by atoms with van der Waals surface area (Å²) in [6.45, 7) is 6.05. The van der Waals surface area contributed by atoms with Gasteiger partial charge in [-0.1, -0.05) is 13.8 Å². The van der Waals surface area contributed by atoms with Crippen LogP contribution in [0.4, 0.5) is 4.79 Å². The van der Waals surface area contributed by atoms with Crippen molar-refractivity contribution in [2.24, 2.45) is 11.7 Å². The van der Waals surface area contributed by atoms with Gasteiger partial charge in [-0.05, 0) is 19.3 Å². The normalized spacial score (nSPS) is 11.8. The fourth-order valence-electron chi connectivity index (χ4n) is 1.48. The van der Waals surface area contributed by atoms with E-state index in [9.17, 15) is 14.4 Å². The second-order valence-electron chi connectivity index (χ2n) is 4.43. The molecule has 0 saturated carbocycles. The number of nitrogens with two attached hydrogens (primary N) is 1. The minimum atomic E-state index is -0.736. The summed E-state index contributed by atoms with van der Waals surface area (Å²) in [5.74, 6) is -0.664. The van der Waals surface area contributed by atoms with Gasteiger partial charge in [-0.15, -0.1) is 0 Å². The van der Waals surface area contributed by atoms with E-state index in [0.29, 0.717) is 19.6 Å². The van der Waals surface area contributed by atoms with Crippen molar-refractivity contribution in [3.05, 3.63) is 0 Å². The lowest BCUT2D eigenvalue weighted by Crippen LogP contribution is -2.51. The lowest BCUT2D eigenvalue weighted by atomic mass is 10.0. The molecule has 0 unspecified atom stereocenters. The highest BCUT2D eigenvalue weighted by Gasteiger charge is 2.22. The van der Waals surface area contributed by atoms with Crippen LogP contribution in [0.25, 0.3) is 0 Å². The Morgan fingerprint density at radius 2 is 1.89 bits per heavy atom. The van der Waals surface area contributed by atoms with Crippen LogP contribution in [0.3, 0.4) is 0 Å². The van der Waals surface area contributed by atoms with Crippen molar-refractivity contribution in [2.45, 2.75) is 39.7 Å². The number of primary amides is 1. The molecule has 0 spiro atoms. The van der Waals surface area contributed by atoms with E-state index in [4.69, 9.17) is 10.5 Å². The summed E-state index contributed by atoms with van der Waals surface area (Å²) in [6.07, 6.45) is 0.746. The highest BCUT2D eigenvalue weighted by Crippen LogP contribution is 2.01. The Bertz CT molecular complexity index is 318. The third kappa shape index (κ3) is 8.01. The lowest BCUT2D eigenvalue weighted by Gasteiger charge is -2.20. The van der Waals surface area contributed by atoms with Gasteiger partial charge in [0.15, 0.2) is 0 Å². The molecule has 4 N–H and O–H groups in total. The first-order valence-electron chi connectivity index (χ1n) is 6.37. The van der Waals surface area contributed by atoms with Crippen LogP contribution in [-0.2, 0) is 14.3 Å². The molecule has 0 aliphatic carbocycles. The van der Waals surface area contributed by atoms with E-state index in [1.165, 1.54) is 0 Å². The maximum absolute atomic E-state index is 11.8. The molecule has 0 saturated heterocycles. The van der Waals surface area contributed by atoms with Crippen molar-refractivity contribution >= 4 is 17.9 Å². The molecular weight excluding hydrogens is 250 g/mol. The molecule has 0 bridgehead atoms. The number of ether oxygens (including phenoxy) is 1. The fourth-order valence-corrected chi connectivity index (χ4v) is 1.48. The molecule has 0 radical (unpaired) electrons. The Labute approximate surface area is 113 Å². The van der Waals surface area contributed by atoms with Gasteiger partial charge in [0.1, 0.15) is 6.04 Å². The van der Waals surface area contributed by atoms with Crippen molar-refractivity contribution in [3.8, 4) is 0 Å². The van der Waals surface area contributed by atoms with Crippen LogP contribution >= 0.6 is 0 Å². The van der Waals surface area contributed by atoms with Gasteiger partial charge in [0.25, 0.3) is 0 Å². The largest absolute Gasteiger partial charge is 0.466 e. The molecular formula is C12H23N3O4. The topological polar surface area (TPSA) is 111 Å². The average Bonchev–Trinajstić information content (AvgIpc) is 2.31. The monoisotopic (exact) mass is 273 g/mol. The van der Waals surface area contributed by atoms with Crippen LogP contribution in [-0.4, -0.2) is 37.1 Å². The van der Waals surface area contributed by atoms with Crippen LogP contribution in [0.1, 0.15) is 33.6 Å². The van der Waals surface area contributed by atoms with Crippen LogP contribution < -0.4 is 16.4 Å². The number of rotatable bonds is 8. The zero-order chi connectivity index (χ0) is 14.8. The predicted molar refractivity (Wildman–Crippen MR) is 70.2 cm³/mol. The van der Waals surface area contributed by atoms with E-state index in [2.05, 4.69) is 10.6 Å². The number of nitrogens with one attached hydrogen (secondary N) is 2. The van der Waals surface area contributed by atoms with Crippen molar-refractivity contribution in [1.29, 1.82) is 0 Å². The van der Waals surface area contributed by atoms with Gasteiger partial charge in [0.05, 0.1) is 6.61 Å². The van der Waals surface area contributed by atoms with Crippen molar-refractivity contribution in [3.63, 3.8) is 0 Å². The highest BCUT2D eigenvalue weighted by molar-refractivity contribution is 5.86. The van der Waals surface area contributed by atoms with Gasteiger partial charge >= 0.3 is 12.0 Å². The molecule has 0 aromatic carbocycles. The Morgan fingerprint density at radius 1 is 1.26 bits per heavy atom. The summed E-state index contributed by atoms with van der Waals surface area (Å²) in [5, 5.41) is 5.03. The Hall–Kier alpha value is -1.79. The molecule has 1 atom stereocenters. The Kier molecular flexibility index (Phi) is 8.32. The zero-order valence-electron chi connectivity index (χ0n) is 11.7.